The molecule has 5 heterocycles. The second kappa shape index (κ2) is 8.90. The summed E-state index contributed by atoms with van der Waals surface area (Å²) in [4.78, 5) is 13.5. The summed E-state index contributed by atoms with van der Waals surface area (Å²) in [6, 6.07) is 0.488. The summed E-state index contributed by atoms with van der Waals surface area (Å²) in [7, 11) is -1.67. The highest BCUT2D eigenvalue weighted by Gasteiger charge is 2.46. The van der Waals surface area contributed by atoms with E-state index in [9.17, 15) is 8.42 Å². The van der Waals surface area contributed by atoms with Gasteiger partial charge in [-0.3, -0.25) is 4.90 Å². The average Bonchev–Trinajstić information content (AvgIpc) is 3.67. The molecule has 0 amide bonds. The smallest absolute Gasteiger partial charge is 0.212 e. The Hall–Kier alpha value is -2.27. The monoisotopic (exact) mass is 540 g/mol. The third-order valence-electron chi connectivity index (χ3n) is 8.88. The Morgan fingerprint density at radius 2 is 1.97 bits per heavy atom. The molecule has 37 heavy (non-hydrogen) atoms. The summed E-state index contributed by atoms with van der Waals surface area (Å²) < 4.78 is 28.2. The van der Waals surface area contributed by atoms with Crippen molar-refractivity contribution in [1.82, 2.24) is 29.2 Å². The Bertz CT molecular complexity index is 1610. The van der Waals surface area contributed by atoms with Gasteiger partial charge in [0.1, 0.15) is 11.2 Å². The van der Waals surface area contributed by atoms with E-state index in [1.54, 1.807) is 6.33 Å². The van der Waals surface area contributed by atoms with Gasteiger partial charge in [0.25, 0.3) is 0 Å². The van der Waals surface area contributed by atoms with E-state index in [1.807, 2.05) is 15.9 Å². The zero-order valence-electron chi connectivity index (χ0n) is 22.4. The van der Waals surface area contributed by atoms with Crippen LogP contribution in [0.3, 0.4) is 0 Å². The summed E-state index contributed by atoms with van der Waals surface area (Å²) in [5.74, 6) is 1.72. The summed E-state index contributed by atoms with van der Waals surface area (Å²) in [5.41, 5.74) is 8.51. The highest BCUT2D eigenvalue weighted by Crippen LogP contribution is 2.53. The van der Waals surface area contributed by atoms with Crippen LogP contribution in [0.15, 0.2) is 12.5 Å². The number of aromatic nitrogens is 4. The first-order valence-corrected chi connectivity index (χ1v) is 15.7. The molecule has 6 rings (SSSR count). The number of sulfonamides is 1. The summed E-state index contributed by atoms with van der Waals surface area (Å²) >= 11 is 1.93. The largest absolute Gasteiger partial charge is 0.346 e. The molecule has 2 fully saturated rings. The first-order chi connectivity index (χ1) is 17.6. The van der Waals surface area contributed by atoms with E-state index >= 15 is 0 Å². The van der Waals surface area contributed by atoms with Crippen molar-refractivity contribution in [2.24, 2.45) is 5.92 Å². The van der Waals surface area contributed by atoms with Crippen molar-refractivity contribution in [1.29, 1.82) is 0 Å². The van der Waals surface area contributed by atoms with Gasteiger partial charge >= 0.3 is 0 Å². The van der Waals surface area contributed by atoms with E-state index in [1.165, 1.54) is 56.5 Å². The third-order valence-corrected chi connectivity index (χ3v) is 11.6. The van der Waals surface area contributed by atoms with E-state index in [-0.39, 0.29) is 5.75 Å². The summed E-state index contributed by atoms with van der Waals surface area (Å²) in [6.07, 6.45) is 6.03. The van der Waals surface area contributed by atoms with Crippen LogP contribution in [-0.4, -0.2) is 64.8 Å². The predicted molar refractivity (Wildman–Crippen MR) is 150 cm³/mol. The molecule has 198 valence electrons. The van der Waals surface area contributed by atoms with Crippen molar-refractivity contribution < 1.29 is 8.42 Å². The van der Waals surface area contributed by atoms with Gasteiger partial charge in [0.15, 0.2) is 5.65 Å². The van der Waals surface area contributed by atoms with Crippen LogP contribution in [0.25, 0.3) is 27.1 Å². The fraction of sp³-hybridized carbons (Fsp3) is 0.556. The van der Waals surface area contributed by atoms with Crippen molar-refractivity contribution in [3.8, 4) is 11.3 Å². The van der Waals surface area contributed by atoms with E-state index in [0.29, 0.717) is 30.3 Å². The normalized spacial score (nSPS) is 22.4. The standard InChI is InChI=1S/C27H36N6O2S2/c1-14(2)22-23-17(5)25(20-10-19-9-18(20)11-32(19)7-8-37(34,35)28-6)36-27(23)31-24(22)21-12-33-26(29-13-30-33)16(4)15(21)3/h12-14,18-20,28,31H,7-11H2,1-6H3/t18-,19-,20+/m0/s1. The second-order valence-electron chi connectivity index (χ2n) is 11.2. The number of thiophene rings is 1. The number of hydrogen-bond acceptors (Lipinski definition) is 6. The minimum absolute atomic E-state index is 0.179. The van der Waals surface area contributed by atoms with Crippen molar-refractivity contribution in [2.75, 3.05) is 25.9 Å². The fourth-order valence-electron chi connectivity index (χ4n) is 6.83. The van der Waals surface area contributed by atoms with E-state index in [4.69, 9.17) is 0 Å². The molecule has 4 aromatic rings. The number of nitrogens with zero attached hydrogens (tertiary/aromatic N) is 4. The maximum absolute atomic E-state index is 11.9. The predicted octanol–water partition coefficient (Wildman–Crippen LogP) is 4.71. The van der Waals surface area contributed by atoms with E-state index < -0.39 is 10.0 Å². The lowest BCUT2D eigenvalue weighted by Crippen LogP contribution is -2.39. The molecule has 2 bridgehead atoms. The molecule has 0 spiro atoms. The third kappa shape index (κ3) is 3.95. The number of nitrogens with one attached hydrogen (secondary N) is 2. The Kier molecular flexibility index (Phi) is 6.02. The molecule has 2 N–H and O–H groups in total. The SMILES string of the molecule is CNS(=O)(=O)CCN1C[C@@H]2C[C@H]1C[C@H]2c1sc2[nH]c(-c3cn4ncnc4c(C)c3C)c(C(C)C)c2c1C. The molecule has 0 radical (unpaired) electrons. The van der Waals surface area contributed by atoms with Gasteiger partial charge in [0.05, 0.1) is 11.4 Å². The van der Waals surface area contributed by atoms with Gasteiger partial charge in [0.2, 0.25) is 10.0 Å². The molecule has 0 unspecified atom stereocenters. The zero-order chi connectivity index (χ0) is 26.2. The molecule has 1 aliphatic heterocycles. The summed E-state index contributed by atoms with van der Waals surface area (Å²) in [5, 5.41) is 5.81. The van der Waals surface area contributed by atoms with Crippen LogP contribution in [0.4, 0.5) is 0 Å². The molecule has 4 aromatic heterocycles. The Labute approximate surface area is 222 Å². The topological polar surface area (TPSA) is 95.4 Å². The van der Waals surface area contributed by atoms with Gasteiger partial charge in [-0.1, -0.05) is 13.8 Å². The van der Waals surface area contributed by atoms with Crippen molar-refractivity contribution >= 4 is 37.2 Å². The molecule has 2 aliphatic rings. The maximum Gasteiger partial charge on any atom is 0.212 e. The Balaban J connectivity index is 1.34. The van der Waals surface area contributed by atoms with Crippen LogP contribution in [0.2, 0.25) is 0 Å². The number of aryl methyl sites for hydroxylation is 2. The number of piperidine rings is 1. The quantitative estimate of drug-likeness (QED) is 0.354. The van der Waals surface area contributed by atoms with Crippen molar-refractivity contribution in [2.45, 2.75) is 65.3 Å². The summed E-state index contributed by atoms with van der Waals surface area (Å²) in [6.45, 7) is 12.8. The van der Waals surface area contributed by atoms with Gasteiger partial charge < -0.3 is 4.98 Å². The van der Waals surface area contributed by atoms with Gasteiger partial charge in [-0.15, -0.1) is 11.3 Å². The molecule has 1 aliphatic carbocycles. The minimum Gasteiger partial charge on any atom is -0.346 e. The number of hydrogen-bond donors (Lipinski definition) is 2. The number of fused-ring (bicyclic) bond motifs is 4. The van der Waals surface area contributed by atoms with Crippen LogP contribution in [0, 0.1) is 26.7 Å². The van der Waals surface area contributed by atoms with Gasteiger partial charge in [0, 0.05) is 41.2 Å². The molecule has 10 heteroatoms. The molecular weight excluding hydrogens is 504 g/mol. The van der Waals surface area contributed by atoms with Crippen molar-refractivity contribution in [3.63, 3.8) is 0 Å². The van der Waals surface area contributed by atoms with Crippen LogP contribution >= 0.6 is 11.3 Å². The second-order valence-corrected chi connectivity index (χ2v) is 14.3. The molecule has 3 atom stereocenters. The average molecular weight is 541 g/mol. The van der Waals surface area contributed by atoms with E-state index in [0.717, 1.165) is 24.2 Å². The lowest BCUT2D eigenvalue weighted by Gasteiger charge is -2.31. The highest BCUT2D eigenvalue weighted by atomic mass is 32.2. The number of aromatic amines is 1. The van der Waals surface area contributed by atoms with Gasteiger partial charge in [-0.25, -0.2) is 22.6 Å². The number of likely N-dealkylation sites (tertiary alicyclic amines) is 1. The number of H-pyrrole nitrogens is 1. The van der Waals surface area contributed by atoms with E-state index in [2.05, 4.69) is 65.5 Å². The van der Waals surface area contributed by atoms with Crippen LogP contribution < -0.4 is 4.72 Å². The zero-order valence-corrected chi connectivity index (χ0v) is 24.1. The Morgan fingerprint density at radius 3 is 2.65 bits per heavy atom. The van der Waals surface area contributed by atoms with Crippen LogP contribution in [0.1, 0.15) is 65.7 Å². The van der Waals surface area contributed by atoms with Gasteiger partial charge in [-0.2, -0.15) is 5.10 Å². The first kappa shape index (κ1) is 25.0. The Morgan fingerprint density at radius 1 is 1.19 bits per heavy atom. The van der Waals surface area contributed by atoms with Crippen molar-refractivity contribution in [3.05, 3.63) is 39.7 Å². The molecule has 0 aromatic carbocycles. The lowest BCUT2D eigenvalue weighted by molar-refractivity contribution is 0.211. The first-order valence-electron chi connectivity index (χ1n) is 13.2. The van der Waals surface area contributed by atoms with Gasteiger partial charge in [-0.05, 0) is 80.7 Å². The molecule has 1 saturated heterocycles. The highest BCUT2D eigenvalue weighted by molar-refractivity contribution is 7.89. The molecular formula is C27H36N6O2S2. The fourth-order valence-corrected chi connectivity index (χ4v) is 8.94. The minimum atomic E-state index is -3.16. The maximum atomic E-state index is 11.9. The van der Waals surface area contributed by atoms with Crippen LogP contribution in [-0.2, 0) is 10.0 Å². The number of rotatable bonds is 7. The molecule has 8 nitrogen and oxygen atoms in total. The number of pyridine rings is 1. The lowest BCUT2D eigenvalue weighted by atomic mass is 9.88. The van der Waals surface area contributed by atoms with Crippen LogP contribution in [0.5, 0.6) is 0 Å². The molecule has 1 saturated carbocycles.